The molecule has 0 radical (unpaired) electrons. The predicted octanol–water partition coefficient (Wildman–Crippen LogP) is -0.0222. The highest BCUT2D eigenvalue weighted by atomic mass is 16.5. The van der Waals surface area contributed by atoms with Gasteiger partial charge < -0.3 is 20.3 Å². The number of carbonyl (C=O) groups is 4. The van der Waals surface area contributed by atoms with Crippen LogP contribution < -0.4 is 10.2 Å². The molecule has 9 heteroatoms. The summed E-state index contributed by atoms with van der Waals surface area (Å²) in [6, 6.07) is 6.30. The van der Waals surface area contributed by atoms with Crippen LogP contribution in [-0.2, 0) is 23.9 Å². The number of hydrogen-bond acceptors (Lipinski definition) is 6. The maximum atomic E-state index is 12.7. The molecule has 0 aliphatic carbocycles. The van der Waals surface area contributed by atoms with Gasteiger partial charge in [0.05, 0.1) is 6.61 Å². The molecule has 9 nitrogen and oxygen atoms in total. The van der Waals surface area contributed by atoms with Crippen LogP contribution in [0.3, 0.4) is 0 Å². The number of para-hydroxylation sites is 1. The van der Waals surface area contributed by atoms with Crippen LogP contribution in [0.5, 0.6) is 0 Å². The van der Waals surface area contributed by atoms with E-state index >= 15 is 0 Å². The molecule has 0 aromatic heterocycles. The van der Waals surface area contributed by atoms with Crippen LogP contribution in [0, 0.1) is 0 Å². The summed E-state index contributed by atoms with van der Waals surface area (Å²) in [6.07, 6.45) is 0. The Hall–Kier alpha value is -3.36. The summed E-state index contributed by atoms with van der Waals surface area (Å²) in [5, 5.41) is 20.7. The summed E-state index contributed by atoms with van der Waals surface area (Å²) in [6.45, 7) is 0.851. The lowest BCUT2D eigenvalue weighted by molar-refractivity contribution is -0.143. The molecule has 132 valence electrons. The molecule has 1 aliphatic heterocycles. The Morgan fingerprint density at radius 2 is 1.84 bits per heavy atom. The molecule has 1 amide bonds. The molecule has 0 saturated heterocycles. The number of carboxylic acids is 2. The van der Waals surface area contributed by atoms with Gasteiger partial charge in [-0.2, -0.15) is 0 Å². The van der Waals surface area contributed by atoms with E-state index in [4.69, 9.17) is 9.84 Å². The van der Waals surface area contributed by atoms with Crippen LogP contribution in [0.1, 0.15) is 6.92 Å². The predicted molar refractivity (Wildman–Crippen MR) is 84.6 cm³/mol. The minimum absolute atomic E-state index is 0.0274. The summed E-state index contributed by atoms with van der Waals surface area (Å²) in [7, 11) is 0. The van der Waals surface area contributed by atoms with Gasteiger partial charge in [-0.1, -0.05) is 18.2 Å². The van der Waals surface area contributed by atoms with Crippen molar-refractivity contribution < 1.29 is 34.1 Å². The maximum Gasteiger partial charge on any atom is 0.339 e. The first-order valence-corrected chi connectivity index (χ1v) is 7.36. The van der Waals surface area contributed by atoms with Gasteiger partial charge in [0.1, 0.15) is 17.8 Å². The third-order valence-electron chi connectivity index (χ3n) is 3.41. The van der Waals surface area contributed by atoms with E-state index < -0.39 is 47.7 Å². The van der Waals surface area contributed by atoms with Crippen molar-refractivity contribution in [2.75, 3.05) is 18.1 Å². The number of anilines is 1. The Balaban J connectivity index is 2.54. The summed E-state index contributed by atoms with van der Waals surface area (Å²) in [5.74, 6) is -4.52. The average molecular weight is 348 g/mol. The Labute approximate surface area is 142 Å². The molecule has 1 unspecified atom stereocenters. The van der Waals surface area contributed by atoms with Crippen LogP contribution in [0.25, 0.3) is 0 Å². The van der Waals surface area contributed by atoms with Gasteiger partial charge >= 0.3 is 17.9 Å². The summed E-state index contributed by atoms with van der Waals surface area (Å²) in [5.41, 5.74) is -0.560. The van der Waals surface area contributed by atoms with Crippen molar-refractivity contribution in [1.82, 2.24) is 5.32 Å². The molecule has 0 spiro atoms. The second kappa shape index (κ2) is 7.47. The van der Waals surface area contributed by atoms with Gasteiger partial charge in [-0.25, -0.2) is 9.59 Å². The number of benzene rings is 1. The van der Waals surface area contributed by atoms with Crippen LogP contribution in [0.15, 0.2) is 41.6 Å². The molecule has 3 N–H and O–H groups in total. The van der Waals surface area contributed by atoms with Gasteiger partial charge in [-0.15, -0.1) is 0 Å². The first-order chi connectivity index (χ1) is 11.9. The molecule has 2 rings (SSSR count). The molecule has 0 saturated carbocycles. The monoisotopic (exact) mass is 348 g/mol. The number of nitrogens with zero attached hydrogens (tertiary/aromatic N) is 1. The van der Waals surface area contributed by atoms with Gasteiger partial charge in [0.15, 0.2) is 6.04 Å². The third kappa shape index (κ3) is 3.60. The van der Waals surface area contributed by atoms with E-state index in [2.05, 4.69) is 5.32 Å². The zero-order valence-electron chi connectivity index (χ0n) is 13.3. The first kappa shape index (κ1) is 18.0. The summed E-state index contributed by atoms with van der Waals surface area (Å²) >= 11 is 0. The fourth-order valence-corrected chi connectivity index (χ4v) is 2.46. The SMILES string of the molecule is CCOC(=O)C1=C(NCC(=O)O)C(=O)N(c2ccccc2)C1C(=O)O. The van der Waals surface area contributed by atoms with E-state index in [-0.39, 0.29) is 12.3 Å². The lowest BCUT2D eigenvalue weighted by Gasteiger charge is -2.23. The molecule has 1 aromatic carbocycles. The zero-order chi connectivity index (χ0) is 18.6. The van der Waals surface area contributed by atoms with E-state index in [1.54, 1.807) is 18.2 Å². The standard InChI is InChI=1S/C16H16N2O7/c1-2-25-16(24)11-12(17-8-10(19)20)14(21)18(13(11)15(22)23)9-6-4-3-5-7-9/h3-7,13,17H,2,8H2,1H3,(H,19,20)(H,22,23). The Kier molecular flexibility index (Phi) is 5.38. The molecule has 0 bridgehead atoms. The van der Waals surface area contributed by atoms with Crippen molar-refractivity contribution in [2.45, 2.75) is 13.0 Å². The van der Waals surface area contributed by atoms with E-state index in [0.717, 1.165) is 4.90 Å². The van der Waals surface area contributed by atoms with Crippen LogP contribution in [0.4, 0.5) is 5.69 Å². The second-order valence-corrected chi connectivity index (χ2v) is 5.01. The molecule has 25 heavy (non-hydrogen) atoms. The highest BCUT2D eigenvalue weighted by molar-refractivity contribution is 6.20. The number of amides is 1. The van der Waals surface area contributed by atoms with Crippen LogP contribution >= 0.6 is 0 Å². The molecular formula is C16H16N2O7. The molecule has 1 aromatic rings. The van der Waals surface area contributed by atoms with Crippen molar-refractivity contribution in [3.63, 3.8) is 0 Å². The average Bonchev–Trinajstić information content (AvgIpc) is 2.86. The number of carboxylic acid groups (broad SMARTS) is 2. The molecule has 1 heterocycles. The lowest BCUT2D eigenvalue weighted by atomic mass is 10.1. The van der Waals surface area contributed by atoms with Gasteiger partial charge in [-0.3, -0.25) is 14.5 Å². The normalized spacial score (nSPS) is 16.8. The topological polar surface area (TPSA) is 133 Å². The molecule has 1 aliphatic rings. The molecule has 0 fully saturated rings. The van der Waals surface area contributed by atoms with Crippen molar-refractivity contribution in [3.05, 3.63) is 41.6 Å². The molecular weight excluding hydrogens is 332 g/mol. The van der Waals surface area contributed by atoms with E-state index in [0.29, 0.717) is 0 Å². The number of nitrogens with one attached hydrogen (secondary N) is 1. The number of carbonyl (C=O) groups excluding carboxylic acids is 2. The van der Waals surface area contributed by atoms with Gasteiger partial charge in [-0.05, 0) is 19.1 Å². The minimum Gasteiger partial charge on any atom is -0.480 e. The van der Waals surface area contributed by atoms with Crippen LogP contribution in [0.2, 0.25) is 0 Å². The third-order valence-corrected chi connectivity index (χ3v) is 3.41. The second-order valence-electron chi connectivity index (χ2n) is 5.01. The Morgan fingerprint density at radius 3 is 2.36 bits per heavy atom. The van der Waals surface area contributed by atoms with Crippen molar-refractivity contribution in [3.8, 4) is 0 Å². The number of hydrogen-bond donors (Lipinski definition) is 3. The van der Waals surface area contributed by atoms with Crippen LogP contribution in [-0.4, -0.2) is 53.2 Å². The Morgan fingerprint density at radius 1 is 1.20 bits per heavy atom. The van der Waals surface area contributed by atoms with Crippen molar-refractivity contribution >= 4 is 29.5 Å². The minimum atomic E-state index is -1.62. The molecule has 1 atom stereocenters. The van der Waals surface area contributed by atoms with E-state index in [1.165, 1.54) is 19.1 Å². The zero-order valence-corrected chi connectivity index (χ0v) is 13.3. The number of esters is 1. The number of ether oxygens (including phenoxy) is 1. The smallest absolute Gasteiger partial charge is 0.339 e. The van der Waals surface area contributed by atoms with Gasteiger partial charge in [0.2, 0.25) is 0 Å². The Bertz CT molecular complexity index is 742. The summed E-state index contributed by atoms with van der Waals surface area (Å²) < 4.78 is 4.85. The summed E-state index contributed by atoms with van der Waals surface area (Å²) in [4.78, 5) is 48.4. The number of aliphatic carboxylic acids is 2. The number of rotatable bonds is 7. The van der Waals surface area contributed by atoms with E-state index in [9.17, 15) is 24.3 Å². The van der Waals surface area contributed by atoms with Gasteiger partial charge in [0.25, 0.3) is 5.91 Å². The van der Waals surface area contributed by atoms with Gasteiger partial charge in [0, 0.05) is 5.69 Å². The fourth-order valence-electron chi connectivity index (χ4n) is 2.46. The lowest BCUT2D eigenvalue weighted by Crippen LogP contribution is -2.43. The van der Waals surface area contributed by atoms with Crippen molar-refractivity contribution in [1.29, 1.82) is 0 Å². The highest BCUT2D eigenvalue weighted by Crippen LogP contribution is 2.31. The maximum absolute atomic E-state index is 12.7. The highest BCUT2D eigenvalue weighted by Gasteiger charge is 2.48. The largest absolute Gasteiger partial charge is 0.480 e. The van der Waals surface area contributed by atoms with Crippen molar-refractivity contribution in [2.24, 2.45) is 0 Å². The first-order valence-electron chi connectivity index (χ1n) is 7.36. The quantitative estimate of drug-likeness (QED) is 0.585. The van der Waals surface area contributed by atoms with E-state index in [1.807, 2.05) is 0 Å². The fraction of sp³-hybridized carbons (Fsp3) is 0.250.